The minimum atomic E-state index is -2.47. The lowest BCUT2D eigenvalue weighted by Crippen LogP contribution is -2.29. The number of ketones is 1. The average Bonchev–Trinajstić information content (AvgIpc) is 2.85. The molecule has 6 heteroatoms. The van der Waals surface area contributed by atoms with Crippen molar-refractivity contribution in [3.8, 4) is 0 Å². The maximum absolute atomic E-state index is 12.9. The fourth-order valence-corrected chi connectivity index (χ4v) is 3.81. The zero-order valence-corrected chi connectivity index (χ0v) is 16.5. The summed E-state index contributed by atoms with van der Waals surface area (Å²) in [5, 5.41) is 0. The van der Waals surface area contributed by atoms with E-state index in [0.717, 1.165) is 16.0 Å². The van der Waals surface area contributed by atoms with Crippen molar-refractivity contribution in [2.45, 2.75) is 30.1 Å². The van der Waals surface area contributed by atoms with Gasteiger partial charge >= 0.3 is 0 Å². The van der Waals surface area contributed by atoms with Gasteiger partial charge in [0.25, 0.3) is 0 Å². The standard InChI is InChI=1S/C20H20O4S2/c1-20(2)19(21)17(14-8-10-16(25-3)11-9-14)18(24-20)15-6-4-13(5-7-15)12-26(22)23/h4-11,26H,12H2,1-3H3. The number of benzene rings is 2. The van der Waals surface area contributed by atoms with Gasteiger partial charge in [-0.05, 0) is 43.4 Å². The van der Waals surface area contributed by atoms with E-state index >= 15 is 0 Å². The number of hydrogen-bond donors (Lipinski definition) is 1. The molecule has 0 saturated carbocycles. The molecule has 0 radical (unpaired) electrons. The van der Waals surface area contributed by atoms with E-state index in [9.17, 15) is 13.2 Å². The third kappa shape index (κ3) is 3.71. The Labute approximate surface area is 159 Å². The highest BCUT2D eigenvalue weighted by Crippen LogP contribution is 2.41. The Morgan fingerprint density at radius 1 is 0.962 bits per heavy atom. The first kappa shape index (κ1) is 18.7. The van der Waals surface area contributed by atoms with Crippen LogP contribution in [-0.4, -0.2) is 26.1 Å². The Balaban J connectivity index is 2.06. The molecule has 0 unspecified atom stereocenters. The predicted octanol–water partition coefficient (Wildman–Crippen LogP) is 3.77. The van der Waals surface area contributed by atoms with Crippen LogP contribution in [0.25, 0.3) is 11.3 Å². The summed E-state index contributed by atoms with van der Waals surface area (Å²) in [6.45, 7) is 3.52. The second-order valence-corrected chi connectivity index (χ2v) is 8.42. The van der Waals surface area contributed by atoms with E-state index in [1.807, 2.05) is 30.5 Å². The Morgan fingerprint density at radius 3 is 2.08 bits per heavy atom. The summed E-state index contributed by atoms with van der Waals surface area (Å²) in [4.78, 5) is 14.0. The number of rotatable bonds is 5. The van der Waals surface area contributed by atoms with E-state index in [0.29, 0.717) is 16.9 Å². The second kappa shape index (κ2) is 7.29. The molecule has 3 rings (SSSR count). The maximum Gasteiger partial charge on any atom is 0.210 e. The molecule has 0 aromatic heterocycles. The minimum Gasteiger partial charge on any atom is -0.478 e. The molecule has 0 N–H and O–H groups in total. The summed E-state index contributed by atoms with van der Waals surface area (Å²) >= 11 is 1.64. The molecule has 4 nitrogen and oxygen atoms in total. The van der Waals surface area contributed by atoms with Crippen molar-refractivity contribution in [3.63, 3.8) is 0 Å². The Kier molecular flexibility index (Phi) is 5.25. The van der Waals surface area contributed by atoms with E-state index in [2.05, 4.69) is 0 Å². The molecular formula is C20H20O4S2. The quantitative estimate of drug-likeness (QED) is 0.624. The molecular weight excluding hydrogens is 368 g/mol. The molecule has 0 bridgehead atoms. The number of ether oxygens (including phenoxy) is 1. The Hall–Kier alpha value is -2.05. The van der Waals surface area contributed by atoms with Crippen LogP contribution >= 0.6 is 11.8 Å². The average molecular weight is 389 g/mol. The topological polar surface area (TPSA) is 60.4 Å². The lowest BCUT2D eigenvalue weighted by molar-refractivity contribution is -0.125. The van der Waals surface area contributed by atoms with Crippen LogP contribution in [0.3, 0.4) is 0 Å². The number of thioether (sulfide) groups is 1. The number of thiol groups is 1. The molecule has 1 aliphatic rings. The lowest BCUT2D eigenvalue weighted by Gasteiger charge is -2.17. The van der Waals surface area contributed by atoms with E-state index in [-0.39, 0.29) is 11.5 Å². The fraction of sp³-hybridized carbons (Fsp3) is 0.250. The zero-order chi connectivity index (χ0) is 18.9. The predicted molar refractivity (Wildman–Crippen MR) is 106 cm³/mol. The van der Waals surface area contributed by atoms with Crippen molar-refractivity contribution in [2.75, 3.05) is 6.26 Å². The number of carbonyl (C=O) groups excluding carboxylic acids is 1. The van der Waals surface area contributed by atoms with Crippen LogP contribution in [0, 0.1) is 0 Å². The summed E-state index contributed by atoms with van der Waals surface area (Å²) < 4.78 is 27.8. The largest absolute Gasteiger partial charge is 0.478 e. The zero-order valence-electron chi connectivity index (χ0n) is 14.8. The van der Waals surface area contributed by atoms with E-state index in [1.54, 1.807) is 49.9 Å². The summed E-state index contributed by atoms with van der Waals surface area (Å²) in [5.74, 6) is 0.481. The van der Waals surface area contributed by atoms with Crippen LogP contribution in [0.4, 0.5) is 0 Å². The van der Waals surface area contributed by atoms with Crippen LogP contribution < -0.4 is 0 Å². The van der Waals surface area contributed by atoms with Gasteiger partial charge in [0.05, 0.1) is 11.3 Å². The Morgan fingerprint density at radius 2 is 1.54 bits per heavy atom. The molecule has 0 aliphatic carbocycles. The molecule has 0 saturated heterocycles. The van der Waals surface area contributed by atoms with Crippen LogP contribution in [0.15, 0.2) is 53.4 Å². The first-order chi connectivity index (χ1) is 12.3. The van der Waals surface area contributed by atoms with Crippen molar-refractivity contribution in [3.05, 3.63) is 65.2 Å². The Bertz CT molecular complexity index is 929. The van der Waals surface area contributed by atoms with Crippen molar-refractivity contribution in [1.82, 2.24) is 0 Å². The summed E-state index contributed by atoms with van der Waals surface area (Å²) in [7, 11) is -2.47. The van der Waals surface area contributed by atoms with Crippen molar-refractivity contribution in [2.24, 2.45) is 0 Å². The van der Waals surface area contributed by atoms with Gasteiger partial charge in [-0.25, -0.2) is 8.42 Å². The van der Waals surface area contributed by atoms with E-state index in [4.69, 9.17) is 4.74 Å². The third-order valence-corrected chi connectivity index (χ3v) is 5.63. The van der Waals surface area contributed by atoms with Crippen molar-refractivity contribution in [1.29, 1.82) is 0 Å². The molecule has 26 heavy (non-hydrogen) atoms. The number of Topliss-reactive ketones (excluding diaryl/α,β-unsaturated/α-hetero) is 1. The van der Waals surface area contributed by atoms with Crippen molar-refractivity contribution < 1.29 is 17.9 Å². The maximum atomic E-state index is 12.9. The van der Waals surface area contributed by atoms with Gasteiger partial charge < -0.3 is 4.74 Å². The molecule has 2 aromatic rings. The highest BCUT2D eigenvalue weighted by atomic mass is 32.2. The van der Waals surface area contributed by atoms with Crippen LogP contribution in [0.1, 0.15) is 30.5 Å². The van der Waals surface area contributed by atoms with Gasteiger partial charge in [-0.15, -0.1) is 11.8 Å². The number of hydrogen-bond acceptors (Lipinski definition) is 5. The van der Waals surface area contributed by atoms with E-state index < -0.39 is 16.3 Å². The molecule has 0 fully saturated rings. The van der Waals surface area contributed by atoms with Gasteiger partial charge in [-0.3, -0.25) is 4.79 Å². The molecule has 0 atom stereocenters. The highest BCUT2D eigenvalue weighted by molar-refractivity contribution is 7.98. The highest BCUT2D eigenvalue weighted by Gasteiger charge is 2.42. The monoisotopic (exact) mass is 388 g/mol. The van der Waals surface area contributed by atoms with E-state index in [1.165, 1.54) is 0 Å². The SMILES string of the molecule is CSc1ccc(C2=C(c3ccc(C[SH](=O)=O)cc3)OC(C)(C)C2=O)cc1. The van der Waals surface area contributed by atoms with Gasteiger partial charge in [0.15, 0.2) is 5.60 Å². The van der Waals surface area contributed by atoms with Crippen LogP contribution in [0.2, 0.25) is 0 Å². The van der Waals surface area contributed by atoms with Crippen LogP contribution in [-0.2, 0) is 26.0 Å². The summed E-state index contributed by atoms with van der Waals surface area (Å²) in [6.07, 6.45) is 2.00. The van der Waals surface area contributed by atoms with Gasteiger partial charge in [0, 0.05) is 10.5 Å². The molecule has 0 amide bonds. The van der Waals surface area contributed by atoms with Gasteiger partial charge in [-0.2, -0.15) is 0 Å². The van der Waals surface area contributed by atoms with Crippen LogP contribution in [0.5, 0.6) is 0 Å². The molecule has 1 heterocycles. The fourth-order valence-electron chi connectivity index (χ4n) is 2.89. The third-order valence-electron chi connectivity index (χ3n) is 4.26. The number of carbonyl (C=O) groups is 1. The summed E-state index contributed by atoms with van der Waals surface area (Å²) in [5.41, 5.74) is 1.92. The molecule has 136 valence electrons. The van der Waals surface area contributed by atoms with Gasteiger partial charge in [-0.1, -0.05) is 36.4 Å². The molecule has 1 aliphatic heterocycles. The molecule has 2 aromatic carbocycles. The van der Waals surface area contributed by atoms with Gasteiger partial charge in [0.2, 0.25) is 5.78 Å². The second-order valence-electron chi connectivity index (χ2n) is 6.56. The lowest BCUT2D eigenvalue weighted by atomic mass is 9.92. The smallest absolute Gasteiger partial charge is 0.210 e. The first-order valence-electron chi connectivity index (χ1n) is 8.15. The molecule has 0 spiro atoms. The van der Waals surface area contributed by atoms with Crippen molar-refractivity contribution >= 4 is 39.6 Å². The summed E-state index contributed by atoms with van der Waals surface area (Å²) in [6, 6.07) is 14.9. The minimum absolute atomic E-state index is 0.00292. The van der Waals surface area contributed by atoms with Gasteiger partial charge in [0.1, 0.15) is 16.5 Å². The first-order valence-corrected chi connectivity index (χ1v) is 10.7. The normalized spacial score (nSPS) is 16.2.